The lowest BCUT2D eigenvalue weighted by molar-refractivity contribution is 0.637. The maximum atomic E-state index is 4.23. The molecule has 0 atom stereocenters. The Balaban J connectivity index is 0.00000225. The average molecular weight is 453 g/mol. The molecule has 0 saturated carbocycles. The van der Waals surface area contributed by atoms with Crippen LogP contribution >= 0.6 is 24.0 Å². The lowest BCUT2D eigenvalue weighted by atomic mass is 10.2. The zero-order valence-electron chi connectivity index (χ0n) is 14.5. The molecule has 0 aliphatic heterocycles. The number of rotatable bonds is 6. The lowest BCUT2D eigenvalue weighted by Crippen LogP contribution is -2.38. The summed E-state index contributed by atoms with van der Waals surface area (Å²) in [7, 11) is 3.69. The van der Waals surface area contributed by atoms with Crippen molar-refractivity contribution in [3.63, 3.8) is 0 Å². The van der Waals surface area contributed by atoms with Gasteiger partial charge in [0.2, 0.25) is 0 Å². The number of benzene rings is 1. The summed E-state index contributed by atoms with van der Waals surface area (Å²) < 4.78 is 4.17. The fraction of sp³-hybridized carbons (Fsp3) is 0.353. The standard InChI is InChI=1S/C17H23N7.HI/c1-18-17(20-12-16-22-21-13-23(16)2)19-9-5-10-24-11-8-14-6-3-4-7-15(14)24;/h3-4,6-8,11,13H,5,9-10,12H2,1-2H3,(H2,18,19,20);1H. The number of hydrogen-bond acceptors (Lipinski definition) is 3. The molecule has 0 amide bonds. The van der Waals surface area contributed by atoms with Crippen LogP contribution in [0.2, 0.25) is 0 Å². The second-order valence-corrected chi connectivity index (χ2v) is 5.63. The zero-order chi connectivity index (χ0) is 16.8. The van der Waals surface area contributed by atoms with Crippen molar-refractivity contribution in [3.05, 3.63) is 48.7 Å². The van der Waals surface area contributed by atoms with E-state index in [1.54, 1.807) is 13.4 Å². The Labute approximate surface area is 164 Å². The summed E-state index contributed by atoms with van der Waals surface area (Å²) >= 11 is 0. The maximum Gasteiger partial charge on any atom is 0.191 e. The number of fused-ring (bicyclic) bond motifs is 1. The third-order valence-electron chi connectivity index (χ3n) is 3.99. The minimum atomic E-state index is 0. The molecule has 25 heavy (non-hydrogen) atoms. The monoisotopic (exact) mass is 453 g/mol. The minimum Gasteiger partial charge on any atom is -0.356 e. The Morgan fingerprint density at radius 3 is 2.80 bits per heavy atom. The van der Waals surface area contributed by atoms with Gasteiger partial charge in [-0.05, 0) is 23.9 Å². The van der Waals surface area contributed by atoms with Crippen molar-refractivity contribution in [2.75, 3.05) is 13.6 Å². The second kappa shape index (κ2) is 9.40. The summed E-state index contributed by atoms with van der Waals surface area (Å²) in [6, 6.07) is 10.6. The van der Waals surface area contributed by atoms with Gasteiger partial charge < -0.3 is 19.8 Å². The van der Waals surface area contributed by atoms with Crippen LogP contribution in [0.15, 0.2) is 47.8 Å². The van der Waals surface area contributed by atoms with E-state index in [2.05, 4.69) is 66.9 Å². The van der Waals surface area contributed by atoms with Crippen molar-refractivity contribution in [3.8, 4) is 0 Å². The van der Waals surface area contributed by atoms with E-state index in [1.807, 2.05) is 11.6 Å². The number of nitrogens with zero attached hydrogens (tertiary/aromatic N) is 5. The summed E-state index contributed by atoms with van der Waals surface area (Å²) in [6.07, 6.45) is 4.85. The van der Waals surface area contributed by atoms with Gasteiger partial charge in [-0.1, -0.05) is 18.2 Å². The normalized spacial score (nSPS) is 11.4. The average Bonchev–Trinajstić information content (AvgIpc) is 3.21. The largest absolute Gasteiger partial charge is 0.356 e. The first-order valence-electron chi connectivity index (χ1n) is 8.09. The van der Waals surface area contributed by atoms with E-state index >= 15 is 0 Å². The van der Waals surface area contributed by atoms with E-state index in [1.165, 1.54) is 10.9 Å². The highest BCUT2D eigenvalue weighted by atomic mass is 127. The van der Waals surface area contributed by atoms with Crippen LogP contribution in [-0.2, 0) is 20.1 Å². The second-order valence-electron chi connectivity index (χ2n) is 5.63. The Kier molecular flexibility index (Phi) is 7.23. The van der Waals surface area contributed by atoms with E-state index in [9.17, 15) is 0 Å². The highest BCUT2D eigenvalue weighted by Gasteiger charge is 2.03. The van der Waals surface area contributed by atoms with Gasteiger partial charge in [0.15, 0.2) is 11.8 Å². The van der Waals surface area contributed by atoms with Crippen LogP contribution < -0.4 is 10.6 Å². The molecule has 2 heterocycles. The van der Waals surface area contributed by atoms with Gasteiger partial charge >= 0.3 is 0 Å². The predicted molar refractivity (Wildman–Crippen MR) is 111 cm³/mol. The van der Waals surface area contributed by atoms with Crippen molar-refractivity contribution in [1.82, 2.24) is 30.0 Å². The Morgan fingerprint density at radius 1 is 1.20 bits per heavy atom. The van der Waals surface area contributed by atoms with Gasteiger partial charge in [0, 0.05) is 38.9 Å². The van der Waals surface area contributed by atoms with Gasteiger partial charge in [0.1, 0.15) is 6.33 Å². The van der Waals surface area contributed by atoms with Gasteiger partial charge in [-0.15, -0.1) is 34.2 Å². The molecule has 0 aliphatic rings. The first-order chi connectivity index (χ1) is 11.8. The van der Waals surface area contributed by atoms with Gasteiger partial charge in [-0.2, -0.15) is 0 Å². The predicted octanol–water partition coefficient (Wildman–Crippen LogP) is 2.14. The molecule has 0 spiro atoms. The van der Waals surface area contributed by atoms with E-state index in [-0.39, 0.29) is 24.0 Å². The lowest BCUT2D eigenvalue weighted by Gasteiger charge is -2.12. The molecule has 0 bridgehead atoms. The van der Waals surface area contributed by atoms with Gasteiger partial charge in [0.25, 0.3) is 0 Å². The van der Waals surface area contributed by atoms with Crippen LogP contribution in [-0.4, -0.2) is 38.9 Å². The molecule has 0 unspecified atom stereocenters. The Morgan fingerprint density at radius 2 is 2.04 bits per heavy atom. The number of aliphatic imine (C=N–C) groups is 1. The molecular formula is C17H24IN7. The summed E-state index contributed by atoms with van der Waals surface area (Å²) in [4.78, 5) is 4.23. The van der Waals surface area contributed by atoms with Crippen molar-refractivity contribution in [1.29, 1.82) is 0 Å². The van der Waals surface area contributed by atoms with Gasteiger partial charge in [-0.25, -0.2) is 0 Å². The molecule has 1 aromatic carbocycles. The van der Waals surface area contributed by atoms with Crippen LogP contribution in [0.1, 0.15) is 12.2 Å². The zero-order valence-corrected chi connectivity index (χ0v) is 16.8. The summed E-state index contributed by atoms with van der Waals surface area (Å²) in [5.74, 6) is 1.65. The van der Waals surface area contributed by atoms with E-state index in [4.69, 9.17) is 0 Å². The fourth-order valence-corrected chi connectivity index (χ4v) is 2.64. The van der Waals surface area contributed by atoms with Crippen LogP contribution in [0.25, 0.3) is 10.9 Å². The van der Waals surface area contributed by atoms with Crippen molar-refractivity contribution in [2.45, 2.75) is 19.5 Å². The molecule has 2 aromatic heterocycles. The smallest absolute Gasteiger partial charge is 0.191 e. The molecule has 0 saturated heterocycles. The molecule has 3 rings (SSSR count). The highest BCUT2D eigenvalue weighted by Crippen LogP contribution is 2.15. The molecule has 3 aromatic rings. The summed E-state index contributed by atoms with van der Waals surface area (Å²) in [5.41, 5.74) is 1.28. The van der Waals surface area contributed by atoms with E-state index in [0.29, 0.717) is 6.54 Å². The van der Waals surface area contributed by atoms with Crippen molar-refractivity contribution < 1.29 is 0 Å². The molecule has 0 fully saturated rings. The molecule has 2 N–H and O–H groups in total. The molecule has 0 aliphatic carbocycles. The third kappa shape index (κ3) is 4.94. The Bertz CT molecular complexity index is 821. The number of hydrogen-bond donors (Lipinski definition) is 2. The number of guanidine groups is 1. The third-order valence-corrected chi connectivity index (χ3v) is 3.99. The fourth-order valence-electron chi connectivity index (χ4n) is 2.64. The SMILES string of the molecule is CN=C(NCCCn1ccc2ccccc21)NCc1nncn1C.I. The van der Waals surface area contributed by atoms with Crippen LogP contribution in [0.4, 0.5) is 0 Å². The number of halogens is 1. The summed E-state index contributed by atoms with van der Waals surface area (Å²) in [6.45, 7) is 2.42. The first kappa shape index (κ1) is 19.2. The molecule has 7 nitrogen and oxygen atoms in total. The Hall–Kier alpha value is -2.10. The van der Waals surface area contributed by atoms with Crippen molar-refractivity contribution in [2.24, 2.45) is 12.0 Å². The van der Waals surface area contributed by atoms with Crippen LogP contribution in [0.5, 0.6) is 0 Å². The quantitative estimate of drug-likeness (QED) is 0.260. The molecule has 134 valence electrons. The maximum absolute atomic E-state index is 4.23. The number of aromatic nitrogens is 4. The molecule has 8 heteroatoms. The molecule has 0 radical (unpaired) electrons. The molecular weight excluding hydrogens is 429 g/mol. The van der Waals surface area contributed by atoms with Gasteiger partial charge in [-0.3, -0.25) is 4.99 Å². The highest BCUT2D eigenvalue weighted by molar-refractivity contribution is 14.0. The van der Waals surface area contributed by atoms with Crippen LogP contribution in [0, 0.1) is 0 Å². The number of para-hydroxylation sites is 1. The first-order valence-corrected chi connectivity index (χ1v) is 8.09. The van der Waals surface area contributed by atoms with Crippen molar-refractivity contribution >= 4 is 40.8 Å². The topological polar surface area (TPSA) is 72.1 Å². The van der Waals surface area contributed by atoms with E-state index < -0.39 is 0 Å². The van der Waals surface area contributed by atoms with E-state index in [0.717, 1.165) is 31.3 Å². The minimum absolute atomic E-state index is 0. The number of aryl methyl sites for hydroxylation is 2. The van der Waals surface area contributed by atoms with Crippen LogP contribution in [0.3, 0.4) is 0 Å². The summed E-state index contributed by atoms with van der Waals surface area (Å²) in [5, 5.41) is 15.8. The number of nitrogens with one attached hydrogen (secondary N) is 2. The van der Waals surface area contributed by atoms with Gasteiger partial charge in [0.05, 0.1) is 6.54 Å².